The van der Waals surface area contributed by atoms with E-state index < -0.39 is 0 Å². The van der Waals surface area contributed by atoms with E-state index in [0.29, 0.717) is 11.3 Å². The molecule has 0 spiro atoms. The van der Waals surface area contributed by atoms with Gasteiger partial charge in [-0.25, -0.2) is 0 Å². The van der Waals surface area contributed by atoms with Crippen LogP contribution in [0, 0.1) is 0 Å². The highest BCUT2D eigenvalue weighted by Gasteiger charge is 2.23. The Morgan fingerprint density at radius 1 is 0.938 bits per heavy atom. The number of allylic oxidation sites excluding steroid dienone is 3. The van der Waals surface area contributed by atoms with Crippen LogP contribution in [0.4, 0.5) is 5.69 Å². The summed E-state index contributed by atoms with van der Waals surface area (Å²) in [6.07, 6.45) is 8.99. The standard InChI is InChI=1S/C28H33N3O/c1-18(2)27(28(32)31-26-15-22-7-4-5-8-23(22)16-26)17-24(29)13-19(3)30-25-12-11-20-9-6-10-21(20)14-25/h4-5,7-8,11-14,17,26,30H,6,9-10,15-16,29H2,1-3H3,(H,31,32)/b19-13+,24-17+. The van der Waals surface area contributed by atoms with Crippen LogP contribution in [0.25, 0.3) is 0 Å². The van der Waals surface area contributed by atoms with E-state index in [1.165, 1.54) is 35.1 Å². The molecule has 4 nitrogen and oxygen atoms in total. The van der Waals surface area contributed by atoms with Crippen LogP contribution in [0.15, 0.2) is 77.2 Å². The molecular weight excluding hydrogens is 394 g/mol. The third-order valence-electron chi connectivity index (χ3n) is 6.30. The lowest BCUT2D eigenvalue weighted by Crippen LogP contribution is -2.36. The lowest BCUT2D eigenvalue weighted by atomic mass is 10.1. The van der Waals surface area contributed by atoms with Crippen molar-refractivity contribution in [3.63, 3.8) is 0 Å². The number of benzene rings is 2. The third-order valence-corrected chi connectivity index (χ3v) is 6.30. The normalized spacial score (nSPS) is 15.8. The zero-order valence-electron chi connectivity index (χ0n) is 19.3. The molecule has 0 heterocycles. The topological polar surface area (TPSA) is 67.1 Å². The SMILES string of the molecule is CC(C)=C(/C=C(N)\C=C(/C)Nc1ccc2c(c1)CCC2)C(=O)NC1Cc2ccccc2C1. The summed E-state index contributed by atoms with van der Waals surface area (Å²) in [5.74, 6) is -0.0663. The van der Waals surface area contributed by atoms with E-state index in [1.807, 2.05) is 26.8 Å². The minimum atomic E-state index is -0.0663. The lowest BCUT2D eigenvalue weighted by molar-refractivity contribution is -0.117. The fraction of sp³-hybridized carbons (Fsp3) is 0.321. The van der Waals surface area contributed by atoms with Crippen LogP contribution in [0.2, 0.25) is 0 Å². The molecule has 0 saturated heterocycles. The van der Waals surface area contributed by atoms with Crippen molar-refractivity contribution in [2.45, 2.75) is 58.9 Å². The van der Waals surface area contributed by atoms with Gasteiger partial charge in [-0.2, -0.15) is 0 Å². The number of nitrogens with two attached hydrogens (primary N) is 1. The van der Waals surface area contributed by atoms with Gasteiger partial charge in [0.2, 0.25) is 0 Å². The van der Waals surface area contributed by atoms with Crippen LogP contribution >= 0.6 is 0 Å². The van der Waals surface area contributed by atoms with Gasteiger partial charge in [-0.3, -0.25) is 4.79 Å². The van der Waals surface area contributed by atoms with Gasteiger partial charge in [0.05, 0.1) is 0 Å². The van der Waals surface area contributed by atoms with Crippen molar-refractivity contribution in [3.8, 4) is 0 Å². The van der Waals surface area contributed by atoms with E-state index in [-0.39, 0.29) is 11.9 Å². The van der Waals surface area contributed by atoms with Crippen LogP contribution in [0.1, 0.15) is 49.4 Å². The van der Waals surface area contributed by atoms with Crippen molar-refractivity contribution in [3.05, 3.63) is 99.4 Å². The molecular formula is C28H33N3O. The van der Waals surface area contributed by atoms with Gasteiger partial charge in [0.1, 0.15) is 0 Å². The average Bonchev–Trinajstić information content (AvgIpc) is 3.37. The second-order valence-corrected chi connectivity index (χ2v) is 9.19. The number of nitrogens with one attached hydrogen (secondary N) is 2. The van der Waals surface area contributed by atoms with Gasteiger partial charge in [0.15, 0.2) is 0 Å². The summed E-state index contributed by atoms with van der Waals surface area (Å²) < 4.78 is 0. The van der Waals surface area contributed by atoms with Crippen molar-refractivity contribution in [2.75, 3.05) is 5.32 Å². The lowest BCUT2D eigenvalue weighted by Gasteiger charge is -2.14. The molecule has 0 fully saturated rings. The molecule has 2 aromatic carbocycles. The Kier molecular flexibility index (Phi) is 6.50. The number of anilines is 1. The molecule has 166 valence electrons. The number of fused-ring (bicyclic) bond motifs is 2. The van der Waals surface area contributed by atoms with Crippen LogP contribution in [0.5, 0.6) is 0 Å². The number of carbonyl (C=O) groups excluding carboxylic acids is 1. The first-order chi connectivity index (χ1) is 15.4. The van der Waals surface area contributed by atoms with Crippen molar-refractivity contribution in [2.24, 2.45) is 5.73 Å². The fourth-order valence-electron chi connectivity index (χ4n) is 4.73. The molecule has 2 aliphatic carbocycles. The number of amides is 1. The van der Waals surface area contributed by atoms with Gasteiger partial charge in [-0.1, -0.05) is 35.9 Å². The van der Waals surface area contributed by atoms with Gasteiger partial charge in [-0.15, -0.1) is 0 Å². The van der Waals surface area contributed by atoms with Gasteiger partial charge in [-0.05, 0) is 99.4 Å². The maximum atomic E-state index is 13.0. The highest BCUT2D eigenvalue weighted by molar-refractivity contribution is 5.97. The minimum absolute atomic E-state index is 0.0663. The van der Waals surface area contributed by atoms with Crippen LogP contribution in [0.3, 0.4) is 0 Å². The third kappa shape index (κ3) is 5.13. The summed E-state index contributed by atoms with van der Waals surface area (Å²) >= 11 is 0. The molecule has 0 radical (unpaired) electrons. The summed E-state index contributed by atoms with van der Waals surface area (Å²) in [5, 5.41) is 6.62. The van der Waals surface area contributed by atoms with Gasteiger partial charge < -0.3 is 16.4 Å². The first kappa shape index (κ1) is 21.9. The molecule has 0 bridgehead atoms. The number of aryl methyl sites for hydroxylation is 2. The van der Waals surface area contributed by atoms with E-state index in [9.17, 15) is 4.79 Å². The average molecular weight is 428 g/mol. The summed E-state index contributed by atoms with van der Waals surface area (Å²) in [5.41, 5.74) is 16.0. The molecule has 2 aliphatic rings. The van der Waals surface area contributed by atoms with Crippen molar-refractivity contribution in [1.29, 1.82) is 0 Å². The van der Waals surface area contributed by atoms with E-state index in [2.05, 4.69) is 53.1 Å². The fourth-order valence-corrected chi connectivity index (χ4v) is 4.73. The second kappa shape index (κ2) is 9.47. The molecule has 0 saturated carbocycles. The first-order valence-corrected chi connectivity index (χ1v) is 11.5. The van der Waals surface area contributed by atoms with Gasteiger partial charge in [0.25, 0.3) is 5.91 Å². The van der Waals surface area contributed by atoms with Crippen LogP contribution in [-0.2, 0) is 30.5 Å². The van der Waals surface area contributed by atoms with Crippen LogP contribution < -0.4 is 16.4 Å². The Bertz CT molecular complexity index is 1090. The molecule has 0 aromatic heterocycles. The summed E-state index contributed by atoms with van der Waals surface area (Å²) in [6.45, 7) is 5.88. The molecule has 0 aliphatic heterocycles. The van der Waals surface area contributed by atoms with Crippen molar-refractivity contribution >= 4 is 11.6 Å². The summed E-state index contributed by atoms with van der Waals surface area (Å²) in [7, 11) is 0. The molecule has 1 amide bonds. The zero-order valence-corrected chi connectivity index (χ0v) is 19.3. The van der Waals surface area contributed by atoms with Gasteiger partial charge >= 0.3 is 0 Å². The van der Waals surface area contributed by atoms with E-state index in [1.54, 1.807) is 6.08 Å². The molecule has 0 unspecified atom stereocenters. The highest BCUT2D eigenvalue weighted by atomic mass is 16.1. The summed E-state index contributed by atoms with van der Waals surface area (Å²) in [6, 6.07) is 15.1. The number of carbonyl (C=O) groups is 1. The van der Waals surface area contributed by atoms with E-state index >= 15 is 0 Å². The highest BCUT2D eigenvalue weighted by Crippen LogP contribution is 2.26. The van der Waals surface area contributed by atoms with E-state index in [4.69, 9.17) is 5.73 Å². The smallest absolute Gasteiger partial charge is 0.251 e. The Labute approximate surface area is 191 Å². The van der Waals surface area contributed by atoms with Crippen molar-refractivity contribution in [1.82, 2.24) is 5.32 Å². The molecule has 0 atom stereocenters. The summed E-state index contributed by atoms with van der Waals surface area (Å²) in [4.78, 5) is 13.0. The number of hydrogen-bond acceptors (Lipinski definition) is 3. The minimum Gasteiger partial charge on any atom is -0.399 e. The number of hydrogen-bond donors (Lipinski definition) is 3. The predicted molar refractivity (Wildman–Crippen MR) is 132 cm³/mol. The second-order valence-electron chi connectivity index (χ2n) is 9.19. The maximum absolute atomic E-state index is 13.0. The quantitative estimate of drug-likeness (QED) is 0.451. The Morgan fingerprint density at radius 3 is 2.31 bits per heavy atom. The molecule has 32 heavy (non-hydrogen) atoms. The molecule has 4 rings (SSSR count). The predicted octanol–water partition coefficient (Wildman–Crippen LogP) is 4.95. The number of rotatable bonds is 6. The maximum Gasteiger partial charge on any atom is 0.251 e. The van der Waals surface area contributed by atoms with Gasteiger partial charge in [0, 0.05) is 28.7 Å². The molecule has 2 aromatic rings. The largest absolute Gasteiger partial charge is 0.399 e. The monoisotopic (exact) mass is 427 g/mol. The van der Waals surface area contributed by atoms with Crippen LogP contribution in [-0.4, -0.2) is 11.9 Å². The zero-order chi connectivity index (χ0) is 22.7. The van der Waals surface area contributed by atoms with Crippen molar-refractivity contribution < 1.29 is 4.79 Å². The molecule has 4 N–H and O–H groups in total. The Morgan fingerprint density at radius 2 is 1.62 bits per heavy atom. The first-order valence-electron chi connectivity index (χ1n) is 11.5. The Balaban J connectivity index is 1.41. The molecule has 4 heteroatoms. The van der Waals surface area contributed by atoms with E-state index in [0.717, 1.165) is 36.2 Å². The Hall–Kier alpha value is -3.27.